The number of hydrogen-bond donors (Lipinski definition) is 2. The van der Waals surface area contributed by atoms with Crippen molar-refractivity contribution in [3.05, 3.63) is 18.2 Å². The molecule has 0 bridgehead atoms. The molecule has 1 amide bonds. The van der Waals surface area contributed by atoms with Gasteiger partial charge in [0.1, 0.15) is 0 Å². The van der Waals surface area contributed by atoms with Crippen LogP contribution in [0.4, 0.5) is 0 Å². The van der Waals surface area contributed by atoms with Gasteiger partial charge in [-0.1, -0.05) is 13.3 Å². The van der Waals surface area contributed by atoms with Gasteiger partial charge >= 0.3 is 0 Å². The zero-order valence-corrected chi connectivity index (χ0v) is 11.0. The van der Waals surface area contributed by atoms with Gasteiger partial charge in [-0.15, -0.1) is 0 Å². The highest BCUT2D eigenvalue weighted by Gasteiger charge is 2.26. The third kappa shape index (κ3) is 3.32. The molecule has 2 heterocycles. The highest BCUT2D eigenvalue weighted by Crippen LogP contribution is 2.16. The van der Waals surface area contributed by atoms with Crippen LogP contribution in [0.5, 0.6) is 0 Å². The van der Waals surface area contributed by atoms with Crippen LogP contribution in [-0.2, 0) is 11.2 Å². The van der Waals surface area contributed by atoms with Crippen LogP contribution in [0.25, 0.3) is 0 Å². The number of likely N-dealkylation sites (tertiary alicyclic amines) is 1. The first-order valence-corrected chi connectivity index (χ1v) is 6.80. The fourth-order valence-electron chi connectivity index (χ4n) is 2.53. The number of H-pyrrole nitrogens is 1. The number of hydrogen-bond acceptors (Lipinski definition) is 3. The number of carbonyl (C=O) groups is 1. The van der Waals surface area contributed by atoms with Crippen LogP contribution in [0.2, 0.25) is 0 Å². The molecule has 0 aliphatic carbocycles. The van der Waals surface area contributed by atoms with Crippen molar-refractivity contribution in [1.29, 1.82) is 0 Å². The molecule has 1 fully saturated rings. The number of amides is 1. The van der Waals surface area contributed by atoms with Crippen molar-refractivity contribution in [3.63, 3.8) is 0 Å². The molecule has 100 valence electrons. The van der Waals surface area contributed by atoms with E-state index in [2.05, 4.69) is 27.1 Å². The van der Waals surface area contributed by atoms with Gasteiger partial charge in [0.25, 0.3) is 0 Å². The van der Waals surface area contributed by atoms with E-state index in [0.717, 1.165) is 38.0 Å². The van der Waals surface area contributed by atoms with Gasteiger partial charge in [0.2, 0.25) is 5.91 Å². The second-order valence-corrected chi connectivity index (χ2v) is 4.76. The van der Waals surface area contributed by atoms with E-state index in [4.69, 9.17) is 0 Å². The number of aromatic nitrogens is 2. The molecule has 0 aromatic carbocycles. The lowest BCUT2D eigenvalue weighted by molar-refractivity contribution is -0.127. The van der Waals surface area contributed by atoms with Gasteiger partial charge in [-0.05, 0) is 25.9 Å². The molecule has 5 nitrogen and oxygen atoms in total. The summed E-state index contributed by atoms with van der Waals surface area (Å²) in [6.07, 6.45) is 7.64. The third-order valence-corrected chi connectivity index (χ3v) is 3.57. The molecule has 0 saturated carbocycles. The summed E-state index contributed by atoms with van der Waals surface area (Å²) in [7, 11) is 0. The number of rotatable bonds is 5. The molecule has 1 aliphatic rings. The maximum absolute atomic E-state index is 12.1. The van der Waals surface area contributed by atoms with E-state index in [1.807, 2.05) is 0 Å². The SMILES string of the molecule is CCN1CCCCC1C(=O)NCCc1cnc[nH]1. The maximum atomic E-state index is 12.1. The number of likely N-dealkylation sites (N-methyl/N-ethyl adjacent to an activating group) is 1. The van der Waals surface area contributed by atoms with E-state index in [1.165, 1.54) is 6.42 Å². The van der Waals surface area contributed by atoms with Crippen molar-refractivity contribution >= 4 is 5.91 Å². The van der Waals surface area contributed by atoms with Crippen molar-refractivity contribution in [2.24, 2.45) is 0 Å². The monoisotopic (exact) mass is 250 g/mol. The fourth-order valence-corrected chi connectivity index (χ4v) is 2.53. The number of piperidine rings is 1. The molecule has 0 spiro atoms. The lowest BCUT2D eigenvalue weighted by Crippen LogP contribution is -2.49. The Kier molecular flexibility index (Phi) is 4.75. The smallest absolute Gasteiger partial charge is 0.237 e. The zero-order chi connectivity index (χ0) is 12.8. The van der Waals surface area contributed by atoms with E-state index in [0.29, 0.717) is 6.54 Å². The van der Waals surface area contributed by atoms with Crippen molar-refractivity contribution in [2.75, 3.05) is 19.6 Å². The van der Waals surface area contributed by atoms with Crippen LogP contribution in [0.1, 0.15) is 31.9 Å². The molecule has 1 aromatic rings. The summed E-state index contributed by atoms with van der Waals surface area (Å²) in [5.41, 5.74) is 1.06. The molecular weight excluding hydrogens is 228 g/mol. The minimum atomic E-state index is 0.0746. The van der Waals surface area contributed by atoms with E-state index in [-0.39, 0.29) is 11.9 Å². The Labute approximate surface area is 108 Å². The van der Waals surface area contributed by atoms with Gasteiger partial charge in [0, 0.05) is 24.9 Å². The average Bonchev–Trinajstić information content (AvgIpc) is 2.91. The molecule has 1 unspecified atom stereocenters. The van der Waals surface area contributed by atoms with Crippen LogP contribution in [-0.4, -0.2) is 46.5 Å². The predicted molar refractivity (Wildman–Crippen MR) is 70.2 cm³/mol. The highest BCUT2D eigenvalue weighted by molar-refractivity contribution is 5.81. The molecule has 1 aliphatic heterocycles. The molecule has 1 atom stereocenters. The molecule has 2 N–H and O–H groups in total. The Balaban J connectivity index is 1.76. The van der Waals surface area contributed by atoms with Gasteiger partial charge in [-0.25, -0.2) is 4.98 Å². The first-order chi connectivity index (χ1) is 8.81. The largest absolute Gasteiger partial charge is 0.354 e. The third-order valence-electron chi connectivity index (χ3n) is 3.57. The second kappa shape index (κ2) is 6.54. The molecule has 0 radical (unpaired) electrons. The lowest BCUT2D eigenvalue weighted by atomic mass is 10.0. The molecule has 5 heteroatoms. The highest BCUT2D eigenvalue weighted by atomic mass is 16.2. The van der Waals surface area contributed by atoms with E-state index >= 15 is 0 Å². The molecule has 1 aromatic heterocycles. The summed E-state index contributed by atoms with van der Waals surface area (Å²) in [5, 5.41) is 3.03. The molecular formula is C13H22N4O. The van der Waals surface area contributed by atoms with Gasteiger partial charge < -0.3 is 10.3 Å². The summed E-state index contributed by atoms with van der Waals surface area (Å²) >= 11 is 0. The second-order valence-electron chi connectivity index (χ2n) is 4.76. The van der Waals surface area contributed by atoms with Crippen LogP contribution in [0, 0.1) is 0 Å². The van der Waals surface area contributed by atoms with Crippen LogP contribution in [0.15, 0.2) is 12.5 Å². The van der Waals surface area contributed by atoms with Gasteiger partial charge in [0.05, 0.1) is 12.4 Å². The molecule has 18 heavy (non-hydrogen) atoms. The Morgan fingerprint density at radius 2 is 2.50 bits per heavy atom. The molecule has 1 saturated heterocycles. The van der Waals surface area contributed by atoms with Crippen molar-refractivity contribution in [2.45, 2.75) is 38.6 Å². The lowest BCUT2D eigenvalue weighted by Gasteiger charge is -2.33. The predicted octanol–water partition coefficient (Wildman–Crippen LogP) is 0.943. The first-order valence-electron chi connectivity index (χ1n) is 6.80. The Morgan fingerprint density at radius 3 is 3.22 bits per heavy atom. The minimum Gasteiger partial charge on any atom is -0.354 e. The summed E-state index contributed by atoms with van der Waals surface area (Å²) < 4.78 is 0. The van der Waals surface area contributed by atoms with Crippen molar-refractivity contribution in [1.82, 2.24) is 20.2 Å². The normalized spacial score (nSPS) is 20.8. The topological polar surface area (TPSA) is 61.0 Å². The summed E-state index contributed by atoms with van der Waals surface area (Å²) in [6.45, 7) is 4.80. The van der Waals surface area contributed by atoms with E-state index in [1.54, 1.807) is 12.5 Å². The van der Waals surface area contributed by atoms with E-state index < -0.39 is 0 Å². The zero-order valence-electron chi connectivity index (χ0n) is 11.0. The summed E-state index contributed by atoms with van der Waals surface area (Å²) in [5.74, 6) is 0.177. The first kappa shape index (κ1) is 13.1. The van der Waals surface area contributed by atoms with Crippen molar-refractivity contribution in [3.8, 4) is 0 Å². The van der Waals surface area contributed by atoms with Crippen molar-refractivity contribution < 1.29 is 4.79 Å². The van der Waals surface area contributed by atoms with E-state index in [9.17, 15) is 4.79 Å². The maximum Gasteiger partial charge on any atom is 0.237 e. The number of nitrogens with zero attached hydrogens (tertiary/aromatic N) is 2. The van der Waals surface area contributed by atoms with Crippen LogP contribution in [0.3, 0.4) is 0 Å². The minimum absolute atomic E-state index is 0.0746. The number of carbonyl (C=O) groups excluding carboxylic acids is 1. The Bertz CT molecular complexity index is 363. The summed E-state index contributed by atoms with van der Waals surface area (Å²) in [4.78, 5) is 21.4. The summed E-state index contributed by atoms with van der Waals surface area (Å²) in [6, 6.07) is 0.0746. The number of nitrogens with one attached hydrogen (secondary N) is 2. The number of aromatic amines is 1. The molecule has 2 rings (SSSR count). The van der Waals surface area contributed by atoms with Gasteiger partial charge in [-0.3, -0.25) is 9.69 Å². The van der Waals surface area contributed by atoms with Crippen LogP contribution >= 0.6 is 0 Å². The van der Waals surface area contributed by atoms with Gasteiger partial charge in [-0.2, -0.15) is 0 Å². The average molecular weight is 250 g/mol. The Morgan fingerprint density at radius 1 is 1.61 bits per heavy atom. The standard InChI is InChI=1S/C13H22N4O/c1-2-17-8-4-3-5-12(17)13(18)15-7-6-11-9-14-10-16-11/h9-10,12H,2-8H2,1H3,(H,14,16)(H,15,18). The fraction of sp³-hybridized carbons (Fsp3) is 0.692. The Hall–Kier alpha value is -1.36. The van der Waals surface area contributed by atoms with Crippen LogP contribution < -0.4 is 5.32 Å². The van der Waals surface area contributed by atoms with Gasteiger partial charge in [0.15, 0.2) is 0 Å². The number of imidazole rings is 1. The quantitative estimate of drug-likeness (QED) is 0.817.